The van der Waals surface area contributed by atoms with Gasteiger partial charge in [0.05, 0.1) is 13.2 Å². The van der Waals surface area contributed by atoms with Gasteiger partial charge in [-0.25, -0.2) is 4.79 Å². The van der Waals surface area contributed by atoms with Crippen molar-refractivity contribution >= 4 is 17.7 Å². The van der Waals surface area contributed by atoms with Crippen molar-refractivity contribution in [3.63, 3.8) is 0 Å². The van der Waals surface area contributed by atoms with Crippen molar-refractivity contribution in [1.29, 1.82) is 0 Å². The number of methoxy groups -OCH3 is 1. The molecule has 0 radical (unpaired) electrons. The molecule has 0 aliphatic carbocycles. The van der Waals surface area contributed by atoms with Crippen molar-refractivity contribution in [2.45, 2.75) is 25.8 Å². The number of Topliss-reactive ketones (excluding diaryl/α,β-unsaturated/α-hetero) is 1. The van der Waals surface area contributed by atoms with Gasteiger partial charge < -0.3 is 19.9 Å². The number of carboxylic acids is 1. The molecular formula is C21H23NO6. The number of ether oxygens (including phenoxy) is 2. The van der Waals surface area contributed by atoms with E-state index in [0.717, 1.165) is 5.56 Å². The Morgan fingerprint density at radius 2 is 1.57 bits per heavy atom. The summed E-state index contributed by atoms with van der Waals surface area (Å²) in [5.74, 6) is -0.267. The molecule has 148 valence electrons. The van der Waals surface area contributed by atoms with Gasteiger partial charge in [-0.2, -0.15) is 0 Å². The first-order valence-corrected chi connectivity index (χ1v) is 8.80. The van der Waals surface area contributed by atoms with Gasteiger partial charge in [0.15, 0.2) is 12.4 Å². The van der Waals surface area contributed by atoms with Crippen LogP contribution in [0.4, 0.5) is 0 Å². The Morgan fingerprint density at radius 3 is 2.14 bits per heavy atom. The smallest absolute Gasteiger partial charge is 0.341 e. The van der Waals surface area contributed by atoms with Gasteiger partial charge in [-0.05, 0) is 48.9 Å². The van der Waals surface area contributed by atoms with Crippen molar-refractivity contribution in [3.8, 4) is 11.5 Å². The summed E-state index contributed by atoms with van der Waals surface area (Å²) in [6.45, 7) is 1.42. The minimum atomic E-state index is -1.05. The number of aliphatic carboxylic acids is 1. The van der Waals surface area contributed by atoms with Crippen LogP contribution in [0.3, 0.4) is 0 Å². The molecular weight excluding hydrogens is 362 g/mol. The van der Waals surface area contributed by atoms with Crippen molar-refractivity contribution in [3.05, 3.63) is 59.7 Å². The number of hydrogen-bond donors (Lipinski definition) is 2. The fourth-order valence-electron chi connectivity index (χ4n) is 2.54. The molecule has 2 rings (SSSR count). The van der Waals surface area contributed by atoms with E-state index in [2.05, 4.69) is 5.32 Å². The number of rotatable bonds is 10. The highest BCUT2D eigenvalue weighted by molar-refractivity contribution is 5.98. The first-order valence-electron chi connectivity index (χ1n) is 8.80. The van der Waals surface area contributed by atoms with Gasteiger partial charge in [0, 0.05) is 18.4 Å². The Morgan fingerprint density at radius 1 is 0.964 bits per heavy atom. The van der Waals surface area contributed by atoms with Crippen LogP contribution in [0.2, 0.25) is 0 Å². The van der Waals surface area contributed by atoms with E-state index >= 15 is 0 Å². The fraction of sp³-hybridized carbons (Fsp3) is 0.286. The lowest BCUT2D eigenvalue weighted by Crippen LogP contribution is -2.26. The summed E-state index contributed by atoms with van der Waals surface area (Å²) in [7, 11) is 1.55. The van der Waals surface area contributed by atoms with Gasteiger partial charge in [-0.1, -0.05) is 12.1 Å². The Labute approximate surface area is 163 Å². The SMILES string of the molecule is COc1ccc(C(=O)CCC(=O)NC(C)c2ccc(OCC(=O)O)cc2)cc1. The highest BCUT2D eigenvalue weighted by Gasteiger charge is 2.13. The minimum absolute atomic E-state index is 0.0923. The van der Waals surface area contributed by atoms with Gasteiger partial charge in [0.2, 0.25) is 5.91 Å². The molecule has 0 heterocycles. The van der Waals surface area contributed by atoms with Crippen LogP contribution in [0, 0.1) is 0 Å². The average molecular weight is 385 g/mol. The second-order valence-corrected chi connectivity index (χ2v) is 6.19. The maximum atomic E-state index is 12.2. The Hall–Kier alpha value is -3.35. The third-order valence-electron chi connectivity index (χ3n) is 4.11. The quantitative estimate of drug-likeness (QED) is 0.610. The summed E-state index contributed by atoms with van der Waals surface area (Å²) in [6.07, 6.45) is 0.210. The van der Waals surface area contributed by atoms with Crippen LogP contribution in [0.5, 0.6) is 11.5 Å². The van der Waals surface area contributed by atoms with Gasteiger partial charge in [-0.15, -0.1) is 0 Å². The minimum Gasteiger partial charge on any atom is -0.497 e. The van der Waals surface area contributed by atoms with E-state index in [1.54, 1.807) is 55.6 Å². The predicted octanol–water partition coefficient (Wildman–Crippen LogP) is 3.00. The molecule has 7 heteroatoms. The molecule has 1 atom stereocenters. The monoisotopic (exact) mass is 385 g/mol. The highest BCUT2D eigenvalue weighted by Crippen LogP contribution is 2.18. The molecule has 0 spiro atoms. The summed E-state index contributed by atoms with van der Waals surface area (Å²) in [4.78, 5) is 34.8. The molecule has 7 nitrogen and oxygen atoms in total. The van der Waals surface area contributed by atoms with E-state index < -0.39 is 12.6 Å². The Balaban J connectivity index is 1.81. The summed E-state index contributed by atoms with van der Waals surface area (Å²) in [5, 5.41) is 11.4. The lowest BCUT2D eigenvalue weighted by atomic mass is 10.1. The molecule has 2 aromatic rings. The van der Waals surface area contributed by atoms with E-state index in [9.17, 15) is 14.4 Å². The largest absolute Gasteiger partial charge is 0.497 e. The summed E-state index contributed by atoms with van der Waals surface area (Å²) in [5.41, 5.74) is 1.39. The summed E-state index contributed by atoms with van der Waals surface area (Å²) < 4.78 is 10.1. The van der Waals surface area contributed by atoms with Gasteiger partial charge >= 0.3 is 5.97 Å². The second kappa shape index (κ2) is 10.1. The van der Waals surface area contributed by atoms with E-state index in [4.69, 9.17) is 14.6 Å². The van der Waals surface area contributed by atoms with Crippen LogP contribution in [0.1, 0.15) is 41.7 Å². The van der Waals surface area contributed by atoms with Gasteiger partial charge in [-0.3, -0.25) is 9.59 Å². The molecule has 0 fully saturated rings. The van der Waals surface area contributed by atoms with Crippen molar-refractivity contribution in [2.24, 2.45) is 0 Å². The molecule has 0 saturated carbocycles. The third-order valence-corrected chi connectivity index (χ3v) is 4.11. The molecule has 0 aliphatic heterocycles. The van der Waals surface area contributed by atoms with Crippen LogP contribution in [0.15, 0.2) is 48.5 Å². The van der Waals surface area contributed by atoms with Crippen LogP contribution >= 0.6 is 0 Å². The molecule has 0 aliphatic rings. The number of nitrogens with one attached hydrogen (secondary N) is 1. The fourth-order valence-corrected chi connectivity index (χ4v) is 2.54. The highest BCUT2D eigenvalue weighted by atomic mass is 16.5. The van der Waals surface area contributed by atoms with E-state index in [-0.39, 0.29) is 30.6 Å². The van der Waals surface area contributed by atoms with E-state index in [1.807, 2.05) is 6.92 Å². The Bertz CT molecular complexity index is 814. The number of carbonyl (C=O) groups is 3. The van der Waals surface area contributed by atoms with Crippen molar-refractivity contribution in [2.75, 3.05) is 13.7 Å². The van der Waals surface area contributed by atoms with Crippen LogP contribution < -0.4 is 14.8 Å². The average Bonchev–Trinajstić information content (AvgIpc) is 2.70. The molecule has 2 aromatic carbocycles. The molecule has 0 aromatic heterocycles. The van der Waals surface area contributed by atoms with E-state index in [1.165, 1.54) is 0 Å². The first kappa shape index (κ1) is 21.0. The maximum absolute atomic E-state index is 12.2. The number of amides is 1. The number of carboxylic acid groups (broad SMARTS) is 1. The lowest BCUT2D eigenvalue weighted by Gasteiger charge is -2.15. The molecule has 1 amide bonds. The number of carbonyl (C=O) groups excluding carboxylic acids is 2. The molecule has 0 saturated heterocycles. The zero-order chi connectivity index (χ0) is 20.5. The number of ketones is 1. The zero-order valence-electron chi connectivity index (χ0n) is 15.8. The van der Waals surface area contributed by atoms with E-state index in [0.29, 0.717) is 17.1 Å². The summed E-state index contributed by atoms with van der Waals surface area (Å²) in [6, 6.07) is 13.3. The van der Waals surface area contributed by atoms with Gasteiger partial charge in [0.1, 0.15) is 11.5 Å². The Kier molecular flexibility index (Phi) is 7.56. The second-order valence-electron chi connectivity index (χ2n) is 6.19. The van der Waals surface area contributed by atoms with Crippen molar-refractivity contribution in [1.82, 2.24) is 5.32 Å². The van der Waals surface area contributed by atoms with Gasteiger partial charge in [0.25, 0.3) is 0 Å². The summed E-state index contributed by atoms with van der Waals surface area (Å²) >= 11 is 0. The van der Waals surface area contributed by atoms with Crippen LogP contribution in [-0.4, -0.2) is 36.5 Å². The number of hydrogen-bond acceptors (Lipinski definition) is 5. The number of benzene rings is 2. The lowest BCUT2D eigenvalue weighted by molar-refractivity contribution is -0.139. The molecule has 2 N–H and O–H groups in total. The molecule has 0 bridgehead atoms. The molecule has 1 unspecified atom stereocenters. The van der Waals surface area contributed by atoms with Crippen LogP contribution in [0.25, 0.3) is 0 Å². The standard InChI is InChI=1S/C21H23NO6/c1-14(15-3-9-18(10-4-15)28-13-21(25)26)22-20(24)12-11-19(23)16-5-7-17(27-2)8-6-16/h3-10,14H,11-13H2,1-2H3,(H,22,24)(H,25,26). The third kappa shape index (κ3) is 6.42. The van der Waals surface area contributed by atoms with Crippen molar-refractivity contribution < 1.29 is 29.0 Å². The normalized spacial score (nSPS) is 11.4. The predicted molar refractivity (Wildman–Crippen MR) is 103 cm³/mol. The zero-order valence-corrected chi connectivity index (χ0v) is 15.8. The maximum Gasteiger partial charge on any atom is 0.341 e. The molecule has 28 heavy (non-hydrogen) atoms. The van der Waals surface area contributed by atoms with Crippen LogP contribution in [-0.2, 0) is 9.59 Å². The topological polar surface area (TPSA) is 102 Å². The first-order chi connectivity index (χ1) is 13.4.